The highest BCUT2D eigenvalue weighted by Crippen LogP contribution is 2.14. The fourth-order valence-electron chi connectivity index (χ4n) is 1.80. The van der Waals surface area contributed by atoms with Crippen molar-refractivity contribution in [3.05, 3.63) is 35.9 Å². The summed E-state index contributed by atoms with van der Waals surface area (Å²) in [5.41, 5.74) is 1.17. The maximum Gasteiger partial charge on any atom is 0.191 e. The molecule has 1 atom stereocenters. The largest absolute Gasteiger partial charge is 0.375 e. The summed E-state index contributed by atoms with van der Waals surface area (Å²) in [6.07, 6.45) is 2.35. The average Bonchev–Trinajstić information content (AvgIpc) is 2.47. The second kappa shape index (κ2) is 12.0. The Labute approximate surface area is 139 Å². The number of unbranched alkanes of at least 4 members (excludes halogenated alkanes) is 1. The SMILES string of the molecule is CCCCNC(=NC)NCC(OC)c1ccccc1.I. The second-order valence-corrected chi connectivity index (χ2v) is 4.37. The summed E-state index contributed by atoms with van der Waals surface area (Å²) in [5, 5.41) is 6.58. The van der Waals surface area contributed by atoms with E-state index in [0.29, 0.717) is 6.54 Å². The molecule has 0 saturated carbocycles. The van der Waals surface area contributed by atoms with Gasteiger partial charge in [0.05, 0.1) is 6.10 Å². The molecule has 1 unspecified atom stereocenters. The van der Waals surface area contributed by atoms with Crippen LogP contribution in [0, 0.1) is 0 Å². The average molecular weight is 391 g/mol. The zero-order valence-corrected chi connectivity index (χ0v) is 14.9. The summed E-state index contributed by atoms with van der Waals surface area (Å²) < 4.78 is 5.51. The fraction of sp³-hybridized carbons (Fsp3) is 0.533. The molecule has 0 aliphatic rings. The highest BCUT2D eigenvalue weighted by Gasteiger charge is 2.10. The molecule has 0 aliphatic heterocycles. The minimum absolute atomic E-state index is 0. The number of aliphatic imine (C=N–C) groups is 1. The zero-order valence-electron chi connectivity index (χ0n) is 12.6. The highest BCUT2D eigenvalue weighted by atomic mass is 127. The number of nitrogens with one attached hydrogen (secondary N) is 2. The maximum absolute atomic E-state index is 5.51. The van der Waals surface area contributed by atoms with Crippen molar-refractivity contribution < 1.29 is 4.74 Å². The van der Waals surface area contributed by atoms with Crippen LogP contribution >= 0.6 is 24.0 Å². The number of methoxy groups -OCH3 is 1. The molecule has 0 spiro atoms. The predicted molar refractivity (Wildman–Crippen MR) is 95.9 cm³/mol. The molecular weight excluding hydrogens is 365 g/mol. The third-order valence-electron chi connectivity index (χ3n) is 2.96. The second-order valence-electron chi connectivity index (χ2n) is 4.37. The summed E-state index contributed by atoms with van der Waals surface area (Å²) in [7, 11) is 3.51. The lowest BCUT2D eigenvalue weighted by Gasteiger charge is -2.18. The molecule has 0 saturated heterocycles. The van der Waals surface area contributed by atoms with E-state index >= 15 is 0 Å². The molecule has 114 valence electrons. The number of benzene rings is 1. The first-order chi connectivity index (χ1) is 9.31. The molecule has 0 fully saturated rings. The van der Waals surface area contributed by atoms with Crippen LogP contribution in [0.15, 0.2) is 35.3 Å². The van der Waals surface area contributed by atoms with E-state index in [1.54, 1.807) is 14.2 Å². The highest BCUT2D eigenvalue weighted by molar-refractivity contribution is 14.0. The van der Waals surface area contributed by atoms with Crippen LogP contribution in [-0.2, 0) is 4.74 Å². The molecular formula is C15H26IN3O. The minimum atomic E-state index is 0. The van der Waals surface area contributed by atoms with E-state index in [4.69, 9.17) is 4.74 Å². The molecule has 2 N–H and O–H groups in total. The van der Waals surface area contributed by atoms with E-state index in [2.05, 4.69) is 34.7 Å². The van der Waals surface area contributed by atoms with Crippen molar-refractivity contribution in [1.82, 2.24) is 10.6 Å². The number of hydrogen-bond donors (Lipinski definition) is 2. The van der Waals surface area contributed by atoms with Crippen LogP contribution in [0.4, 0.5) is 0 Å². The Hall–Kier alpha value is -0.820. The van der Waals surface area contributed by atoms with Gasteiger partial charge in [-0.05, 0) is 12.0 Å². The van der Waals surface area contributed by atoms with Gasteiger partial charge < -0.3 is 15.4 Å². The van der Waals surface area contributed by atoms with Crippen LogP contribution in [0.3, 0.4) is 0 Å². The number of nitrogens with zero attached hydrogens (tertiary/aromatic N) is 1. The molecule has 1 aromatic rings. The molecule has 0 heterocycles. The lowest BCUT2D eigenvalue weighted by molar-refractivity contribution is 0.106. The third kappa shape index (κ3) is 7.09. The molecule has 0 amide bonds. The van der Waals surface area contributed by atoms with Gasteiger partial charge in [0.25, 0.3) is 0 Å². The molecule has 5 heteroatoms. The van der Waals surface area contributed by atoms with Gasteiger partial charge in [0.1, 0.15) is 0 Å². The Bertz CT molecular complexity index is 371. The molecule has 20 heavy (non-hydrogen) atoms. The molecule has 0 aliphatic carbocycles. The molecule has 0 radical (unpaired) electrons. The van der Waals surface area contributed by atoms with Crippen LogP contribution in [0.25, 0.3) is 0 Å². The van der Waals surface area contributed by atoms with E-state index in [1.165, 1.54) is 12.0 Å². The summed E-state index contributed by atoms with van der Waals surface area (Å²) >= 11 is 0. The van der Waals surface area contributed by atoms with Crippen molar-refractivity contribution in [3.8, 4) is 0 Å². The molecule has 0 aromatic heterocycles. The number of halogens is 1. The van der Waals surface area contributed by atoms with Gasteiger partial charge in [0.15, 0.2) is 5.96 Å². The van der Waals surface area contributed by atoms with E-state index in [-0.39, 0.29) is 30.1 Å². The van der Waals surface area contributed by atoms with Crippen molar-refractivity contribution in [2.24, 2.45) is 4.99 Å². The first-order valence-electron chi connectivity index (χ1n) is 6.84. The van der Waals surface area contributed by atoms with Crippen molar-refractivity contribution in [2.45, 2.75) is 25.9 Å². The lowest BCUT2D eigenvalue weighted by atomic mass is 10.1. The Balaban J connectivity index is 0.00000361. The number of ether oxygens (including phenoxy) is 1. The van der Waals surface area contributed by atoms with Gasteiger partial charge >= 0.3 is 0 Å². The van der Waals surface area contributed by atoms with E-state index < -0.39 is 0 Å². The van der Waals surface area contributed by atoms with Gasteiger partial charge in [-0.2, -0.15) is 0 Å². The van der Waals surface area contributed by atoms with Crippen LogP contribution in [-0.4, -0.2) is 33.2 Å². The summed E-state index contributed by atoms with van der Waals surface area (Å²) in [6.45, 7) is 3.82. The topological polar surface area (TPSA) is 45.7 Å². The van der Waals surface area contributed by atoms with Gasteiger partial charge in [-0.1, -0.05) is 43.7 Å². The zero-order chi connectivity index (χ0) is 13.9. The summed E-state index contributed by atoms with van der Waals surface area (Å²) in [4.78, 5) is 4.20. The molecule has 1 aromatic carbocycles. The minimum Gasteiger partial charge on any atom is -0.375 e. The number of guanidine groups is 1. The maximum atomic E-state index is 5.51. The van der Waals surface area contributed by atoms with Crippen LogP contribution < -0.4 is 10.6 Å². The van der Waals surface area contributed by atoms with Crippen molar-refractivity contribution in [2.75, 3.05) is 27.2 Å². The normalized spacial score (nSPS) is 12.4. The van der Waals surface area contributed by atoms with Gasteiger partial charge in [-0.15, -0.1) is 24.0 Å². The molecule has 0 bridgehead atoms. The predicted octanol–water partition coefficient (Wildman–Crippen LogP) is 2.96. The molecule has 4 nitrogen and oxygen atoms in total. The van der Waals surface area contributed by atoms with E-state index in [1.807, 2.05) is 18.2 Å². The quantitative estimate of drug-likeness (QED) is 0.325. The lowest BCUT2D eigenvalue weighted by Crippen LogP contribution is -2.40. The summed E-state index contributed by atoms with van der Waals surface area (Å²) in [6, 6.07) is 10.2. The van der Waals surface area contributed by atoms with Crippen molar-refractivity contribution >= 4 is 29.9 Å². The Morgan fingerprint density at radius 1 is 1.25 bits per heavy atom. The van der Waals surface area contributed by atoms with E-state index in [9.17, 15) is 0 Å². The van der Waals surface area contributed by atoms with E-state index in [0.717, 1.165) is 18.9 Å². The van der Waals surface area contributed by atoms with Gasteiger partial charge in [-0.3, -0.25) is 4.99 Å². The smallest absolute Gasteiger partial charge is 0.191 e. The van der Waals surface area contributed by atoms with Crippen LogP contribution in [0.2, 0.25) is 0 Å². The number of rotatable bonds is 7. The molecule has 1 rings (SSSR count). The Kier molecular flexibility index (Phi) is 11.5. The first kappa shape index (κ1) is 19.2. The fourth-order valence-corrected chi connectivity index (χ4v) is 1.80. The Morgan fingerprint density at radius 2 is 1.95 bits per heavy atom. The standard InChI is InChI=1S/C15H25N3O.HI/c1-4-5-11-17-15(16-2)18-12-14(19-3)13-9-7-6-8-10-13;/h6-10,14H,4-5,11-12H2,1-3H3,(H2,16,17,18);1H. The number of hydrogen-bond acceptors (Lipinski definition) is 2. The Morgan fingerprint density at radius 3 is 2.50 bits per heavy atom. The van der Waals surface area contributed by atoms with Gasteiger partial charge in [-0.25, -0.2) is 0 Å². The van der Waals surface area contributed by atoms with Gasteiger partial charge in [0, 0.05) is 27.2 Å². The first-order valence-corrected chi connectivity index (χ1v) is 6.84. The summed E-state index contributed by atoms with van der Waals surface area (Å²) in [5.74, 6) is 0.825. The van der Waals surface area contributed by atoms with Gasteiger partial charge in [0.2, 0.25) is 0 Å². The monoisotopic (exact) mass is 391 g/mol. The van der Waals surface area contributed by atoms with Crippen molar-refractivity contribution in [3.63, 3.8) is 0 Å². The van der Waals surface area contributed by atoms with Crippen LogP contribution in [0.1, 0.15) is 31.4 Å². The van der Waals surface area contributed by atoms with Crippen LogP contribution in [0.5, 0.6) is 0 Å². The third-order valence-corrected chi connectivity index (χ3v) is 2.96. The van der Waals surface area contributed by atoms with Crippen molar-refractivity contribution in [1.29, 1.82) is 0 Å².